The highest BCUT2D eigenvalue weighted by Gasteiger charge is 2.40. The number of benzene rings is 1. The van der Waals surface area contributed by atoms with E-state index in [1.807, 2.05) is 17.7 Å². The minimum atomic E-state index is -2.50. The summed E-state index contributed by atoms with van der Waals surface area (Å²) in [6.07, 6.45) is 3.92. The Morgan fingerprint density at radius 2 is 1.86 bits per heavy atom. The SMILES string of the molecule is CCOC(=O)c1cn([C@H](CCC(C)(C)[Si](C)(C)O)C(C)(C)C)c2nc(CCCO)c(Cc3cccc(Cl)c3F)cc2c1=O. The van der Waals surface area contributed by atoms with E-state index >= 15 is 0 Å². The van der Waals surface area contributed by atoms with Crippen LogP contribution in [0.4, 0.5) is 4.39 Å². The van der Waals surface area contributed by atoms with Crippen molar-refractivity contribution in [2.24, 2.45) is 5.41 Å². The van der Waals surface area contributed by atoms with E-state index < -0.39 is 25.5 Å². The number of nitrogens with zero attached hydrogens (tertiary/aromatic N) is 2. The minimum Gasteiger partial charge on any atom is -0.462 e. The Bertz CT molecular complexity index is 1520. The molecule has 7 nitrogen and oxygen atoms in total. The van der Waals surface area contributed by atoms with E-state index in [9.17, 15) is 23.9 Å². The number of hydrogen-bond donors (Lipinski definition) is 2. The van der Waals surface area contributed by atoms with E-state index in [1.54, 1.807) is 31.3 Å². The summed E-state index contributed by atoms with van der Waals surface area (Å²) in [5, 5.41) is 9.58. The average molecular weight is 633 g/mol. The van der Waals surface area contributed by atoms with Crippen molar-refractivity contribution < 1.29 is 23.8 Å². The number of aliphatic hydroxyl groups is 1. The van der Waals surface area contributed by atoms with Gasteiger partial charge in [0.25, 0.3) is 0 Å². The summed E-state index contributed by atoms with van der Waals surface area (Å²) in [6.45, 7) is 16.1. The fraction of sp³-hybridized carbons (Fsp3) is 0.545. The highest BCUT2D eigenvalue weighted by atomic mass is 35.5. The van der Waals surface area contributed by atoms with E-state index in [2.05, 4.69) is 34.6 Å². The van der Waals surface area contributed by atoms with Crippen molar-refractivity contribution in [3.05, 3.63) is 73.9 Å². The molecule has 2 N–H and O–H groups in total. The van der Waals surface area contributed by atoms with E-state index in [4.69, 9.17) is 21.3 Å². The lowest BCUT2D eigenvalue weighted by molar-refractivity contribution is 0.0523. The fourth-order valence-corrected chi connectivity index (χ4v) is 6.19. The maximum Gasteiger partial charge on any atom is 0.343 e. The first kappa shape index (κ1) is 34.9. The van der Waals surface area contributed by atoms with Gasteiger partial charge in [-0.05, 0) is 79.4 Å². The van der Waals surface area contributed by atoms with Gasteiger partial charge in [-0.2, -0.15) is 0 Å². The van der Waals surface area contributed by atoms with Gasteiger partial charge < -0.3 is 19.2 Å². The first-order valence-corrected chi connectivity index (χ1v) is 18.3. The van der Waals surface area contributed by atoms with Crippen LogP contribution < -0.4 is 5.43 Å². The molecule has 43 heavy (non-hydrogen) atoms. The number of ether oxygens (including phenoxy) is 1. The molecule has 0 bridgehead atoms. The molecular formula is C33H46ClFN2O5Si. The van der Waals surface area contributed by atoms with Crippen LogP contribution in [0.1, 0.15) is 94.0 Å². The maximum absolute atomic E-state index is 15.0. The van der Waals surface area contributed by atoms with Crippen molar-refractivity contribution in [3.8, 4) is 0 Å². The minimum absolute atomic E-state index is 0.000158. The van der Waals surface area contributed by atoms with E-state index in [1.165, 1.54) is 6.07 Å². The number of pyridine rings is 2. The molecule has 0 amide bonds. The molecule has 0 radical (unpaired) electrons. The van der Waals surface area contributed by atoms with Gasteiger partial charge in [0, 0.05) is 31.0 Å². The Morgan fingerprint density at radius 3 is 2.44 bits per heavy atom. The molecule has 0 saturated heterocycles. The van der Waals surface area contributed by atoms with Crippen LogP contribution in [0.5, 0.6) is 0 Å². The van der Waals surface area contributed by atoms with Gasteiger partial charge in [-0.25, -0.2) is 14.2 Å². The van der Waals surface area contributed by atoms with Crippen LogP contribution >= 0.6 is 11.6 Å². The van der Waals surface area contributed by atoms with Gasteiger partial charge in [0.2, 0.25) is 5.43 Å². The van der Waals surface area contributed by atoms with Crippen LogP contribution in [0.25, 0.3) is 11.0 Å². The van der Waals surface area contributed by atoms with Crippen LogP contribution in [-0.4, -0.2) is 47.0 Å². The van der Waals surface area contributed by atoms with Gasteiger partial charge in [-0.15, -0.1) is 0 Å². The van der Waals surface area contributed by atoms with Gasteiger partial charge in [0.05, 0.1) is 17.0 Å². The van der Waals surface area contributed by atoms with Crippen molar-refractivity contribution in [1.29, 1.82) is 0 Å². The number of halogens is 2. The van der Waals surface area contributed by atoms with Crippen molar-refractivity contribution in [1.82, 2.24) is 9.55 Å². The molecule has 0 aliphatic carbocycles. The van der Waals surface area contributed by atoms with E-state index in [0.717, 1.165) is 6.42 Å². The largest absolute Gasteiger partial charge is 0.462 e. The highest BCUT2D eigenvalue weighted by Crippen LogP contribution is 2.45. The molecular weight excluding hydrogens is 587 g/mol. The van der Waals surface area contributed by atoms with Crippen LogP contribution in [0.2, 0.25) is 23.2 Å². The predicted molar refractivity (Wildman–Crippen MR) is 173 cm³/mol. The Balaban J connectivity index is 2.35. The number of aromatic nitrogens is 2. The van der Waals surface area contributed by atoms with Crippen LogP contribution in [0, 0.1) is 11.2 Å². The van der Waals surface area contributed by atoms with Crippen molar-refractivity contribution in [3.63, 3.8) is 0 Å². The molecule has 0 aliphatic heterocycles. The van der Waals surface area contributed by atoms with Gasteiger partial charge in [0.15, 0.2) is 8.32 Å². The zero-order valence-electron chi connectivity index (χ0n) is 26.7. The number of esters is 1. The number of aliphatic hydroxyl groups excluding tert-OH is 1. The van der Waals surface area contributed by atoms with Gasteiger partial charge in [-0.3, -0.25) is 4.79 Å². The molecule has 2 aromatic heterocycles. The molecule has 0 saturated carbocycles. The Kier molecular flexibility index (Phi) is 11.0. The second kappa shape index (κ2) is 13.6. The molecule has 0 aliphatic rings. The summed E-state index contributed by atoms with van der Waals surface area (Å²) in [7, 11) is -2.50. The highest BCUT2D eigenvalue weighted by molar-refractivity contribution is 6.72. The Hall–Kier alpha value is -2.59. The lowest BCUT2D eigenvalue weighted by Gasteiger charge is -2.40. The zero-order chi connectivity index (χ0) is 32.3. The van der Waals surface area contributed by atoms with E-state index in [-0.39, 0.29) is 52.1 Å². The zero-order valence-corrected chi connectivity index (χ0v) is 28.4. The first-order chi connectivity index (χ1) is 19.9. The summed E-state index contributed by atoms with van der Waals surface area (Å²) >= 11 is 6.06. The van der Waals surface area contributed by atoms with Gasteiger partial charge in [-0.1, -0.05) is 58.4 Å². The normalized spacial score (nSPS) is 13.4. The van der Waals surface area contributed by atoms with Crippen LogP contribution in [0.15, 0.2) is 35.3 Å². The quantitative estimate of drug-likeness (QED) is 0.161. The standard InChI is InChI=1S/C33H46ClFN2O5Si/c1-9-42-31(40)24-20-37(27(32(2,3)4)15-16-33(5,6)43(7,8)41)30-23(29(24)39)19-22(26(36-30)14-11-17-38)18-21-12-10-13-25(34)28(21)35/h10,12-13,19-20,27,38,41H,9,11,14-18H2,1-8H3/t27-/m1/s1. The van der Waals surface area contributed by atoms with E-state index in [0.29, 0.717) is 41.7 Å². The summed E-state index contributed by atoms with van der Waals surface area (Å²) in [5.41, 5.74) is 1.11. The number of fused-ring (bicyclic) bond motifs is 1. The lowest BCUT2D eigenvalue weighted by Crippen LogP contribution is -2.40. The first-order valence-electron chi connectivity index (χ1n) is 14.9. The molecule has 1 aromatic carbocycles. The van der Waals surface area contributed by atoms with Crippen molar-refractivity contribution in [2.75, 3.05) is 13.2 Å². The number of hydrogen-bond acceptors (Lipinski definition) is 6. The lowest BCUT2D eigenvalue weighted by atomic mass is 9.82. The smallest absolute Gasteiger partial charge is 0.343 e. The fourth-order valence-electron chi connectivity index (χ4n) is 5.24. The molecule has 3 rings (SSSR count). The maximum atomic E-state index is 15.0. The summed E-state index contributed by atoms with van der Waals surface area (Å²) in [5.74, 6) is -1.26. The molecule has 0 fully saturated rings. The van der Waals surface area contributed by atoms with Crippen LogP contribution in [0.3, 0.4) is 0 Å². The second-order valence-electron chi connectivity index (χ2n) is 13.5. The Morgan fingerprint density at radius 1 is 1.19 bits per heavy atom. The summed E-state index contributed by atoms with van der Waals surface area (Å²) in [6, 6.07) is 6.28. The molecule has 0 unspecified atom stereocenters. The molecule has 10 heteroatoms. The molecule has 236 valence electrons. The molecule has 2 heterocycles. The average Bonchev–Trinajstić information content (AvgIpc) is 2.90. The summed E-state index contributed by atoms with van der Waals surface area (Å²) in [4.78, 5) is 42.9. The monoisotopic (exact) mass is 632 g/mol. The number of rotatable bonds is 12. The Labute approximate surface area is 260 Å². The topological polar surface area (TPSA) is 102 Å². The number of aryl methyl sites for hydroxylation is 1. The molecule has 0 spiro atoms. The molecule has 3 aromatic rings. The predicted octanol–water partition coefficient (Wildman–Crippen LogP) is 7.23. The third kappa shape index (κ3) is 7.93. The number of carbonyl (C=O) groups excluding carboxylic acids is 1. The van der Waals surface area contributed by atoms with Gasteiger partial charge >= 0.3 is 5.97 Å². The second-order valence-corrected chi connectivity index (χ2v) is 18.4. The van der Waals surface area contributed by atoms with Crippen LogP contribution in [-0.2, 0) is 17.6 Å². The molecule has 1 atom stereocenters. The van der Waals surface area contributed by atoms with Gasteiger partial charge in [0.1, 0.15) is 17.0 Å². The van der Waals surface area contributed by atoms with Crippen molar-refractivity contribution >= 4 is 36.9 Å². The third-order valence-corrected chi connectivity index (χ3v) is 12.5. The van der Waals surface area contributed by atoms with Crippen molar-refractivity contribution in [2.45, 2.75) is 97.8 Å². The third-order valence-electron chi connectivity index (χ3n) is 8.69. The number of carbonyl (C=O) groups is 1. The summed E-state index contributed by atoms with van der Waals surface area (Å²) < 4.78 is 22.1.